The molecule has 3 aromatic carbocycles. The van der Waals surface area contributed by atoms with Gasteiger partial charge in [0.25, 0.3) is 0 Å². The Morgan fingerprint density at radius 2 is 1.76 bits per heavy atom. The van der Waals surface area contributed by atoms with E-state index in [0.29, 0.717) is 0 Å². The molecule has 0 aliphatic carbocycles. The van der Waals surface area contributed by atoms with Gasteiger partial charge in [-0.1, -0.05) is 42.5 Å². The molecule has 0 saturated carbocycles. The predicted molar refractivity (Wildman–Crippen MR) is 73.3 cm³/mol. The van der Waals surface area contributed by atoms with Crippen LogP contribution in [0.25, 0.3) is 21.5 Å². The largest absolute Gasteiger partial charge is 0.260 e. The zero-order valence-corrected chi connectivity index (χ0v) is 9.35. The summed E-state index contributed by atoms with van der Waals surface area (Å²) in [6.07, 6.45) is 2.95. The molecule has 4 rings (SSSR count). The van der Waals surface area contributed by atoms with Crippen LogP contribution in [0.3, 0.4) is 0 Å². The minimum absolute atomic E-state index is 0.947. The first-order valence-corrected chi connectivity index (χ1v) is 5.89. The van der Waals surface area contributed by atoms with Crippen molar-refractivity contribution in [1.29, 1.82) is 0 Å². The standard InChI is InChI=1S/C16H11N/c1-2-6-13-12(4-1)10-15-16-11(8-9-17-15)5-3-7-14(13)16/h1-7,9-10H,8H2. The Hall–Kier alpha value is -2.15. The molecule has 0 spiro atoms. The van der Waals surface area contributed by atoms with E-state index in [1.807, 2.05) is 6.21 Å². The van der Waals surface area contributed by atoms with Crippen LogP contribution in [0.5, 0.6) is 0 Å². The molecule has 0 amide bonds. The summed E-state index contributed by atoms with van der Waals surface area (Å²) in [5.74, 6) is 0. The van der Waals surface area contributed by atoms with E-state index in [9.17, 15) is 0 Å². The highest BCUT2D eigenvalue weighted by Crippen LogP contribution is 2.37. The average Bonchev–Trinajstić information content (AvgIpc) is 2.39. The van der Waals surface area contributed by atoms with Crippen LogP contribution in [0.2, 0.25) is 0 Å². The first-order valence-electron chi connectivity index (χ1n) is 5.89. The molecule has 17 heavy (non-hydrogen) atoms. The Kier molecular flexibility index (Phi) is 1.67. The van der Waals surface area contributed by atoms with Gasteiger partial charge in [0, 0.05) is 18.0 Å². The van der Waals surface area contributed by atoms with Crippen LogP contribution >= 0.6 is 0 Å². The van der Waals surface area contributed by atoms with Crippen LogP contribution in [0, 0.1) is 0 Å². The van der Waals surface area contributed by atoms with E-state index in [2.05, 4.69) is 53.5 Å². The van der Waals surface area contributed by atoms with Gasteiger partial charge in [-0.15, -0.1) is 0 Å². The normalized spacial score (nSPS) is 13.4. The molecule has 0 aromatic heterocycles. The zero-order valence-electron chi connectivity index (χ0n) is 9.35. The fraction of sp³-hybridized carbons (Fsp3) is 0.0625. The molecule has 0 unspecified atom stereocenters. The van der Waals surface area contributed by atoms with Gasteiger partial charge >= 0.3 is 0 Å². The van der Waals surface area contributed by atoms with Crippen LogP contribution in [0.1, 0.15) is 5.56 Å². The Labute approximate surface area is 99.4 Å². The monoisotopic (exact) mass is 217 g/mol. The van der Waals surface area contributed by atoms with Gasteiger partial charge in [-0.25, -0.2) is 0 Å². The number of hydrogen-bond acceptors (Lipinski definition) is 1. The van der Waals surface area contributed by atoms with Gasteiger partial charge < -0.3 is 0 Å². The molecule has 1 aliphatic heterocycles. The molecule has 1 heterocycles. The SMILES string of the molecule is C1=Nc2cc3ccccc3c3cccc(c23)C1. The molecular formula is C16H11N. The second kappa shape index (κ2) is 3.17. The maximum absolute atomic E-state index is 4.54. The lowest BCUT2D eigenvalue weighted by atomic mass is 9.94. The molecule has 0 N–H and O–H groups in total. The summed E-state index contributed by atoms with van der Waals surface area (Å²) >= 11 is 0. The van der Waals surface area contributed by atoms with Gasteiger partial charge in [0.1, 0.15) is 0 Å². The third kappa shape index (κ3) is 1.17. The molecule has 0 atom stereocenters. The van der Waals surface area contributed by atoms with Gasteiger partial charge in [-0.2, -0.15) is 0 Å². The summed E-state index contributed by atoms with van der Waals surface area (Å²) in [6, 6.07) is 17.3. The van der Waals surface area contributed by atoms with Crippen molar-refractivity contribution in [2.24, 2.45) is 4.99 Å². The summed E-state index contributed by atoms with van der Waals surface area (Å²) in [4.78, 5) is 4.54. The molecular weight excluding hydrogens is 206 g/mol. The molecule has 0 saturated heterocycles. The minimum atomic E-state index is 0.947. The van der Waals surface area contributed by atoms with Gasteiger partial charge in [0.2, 0.25) is 0 Å². The highest BCUT2D eigenvalue weighted by molar-refractivity contribution is 6.14. The molecule has 0 bridgehead atoms. The van der Waals surface area contributed by atoms with Crippen molar-refractivity contribution < 1.29 is 0 Å². The highest BCUT2D eigenvalue weighted by atomic mass is 14.7. The summed E-state index contributed by atoms with van der Waals surface area (Å²) in [7, 11) is 0. The first-order chi connectivity index (χ1) is 8.43. The number of aliphatic imine (C=N–C) groups is 1. The average molecular weight is 217 g/mol. The molecule has 80 valence electrons. The number of rotatable bonds is 0. The fourth-order valence-electron chi connectivity index (χ4n) is 2.73. The summed E-state index contributed by atoms with van der Waals surface area (Å²) in [5.41, 5.74) is 2.50. The quantitative estimate of drug-likeness (QED) is 0.499. The lowest BCUT2D eigenvalue weighted by Gasteiger charge is -2.14. The van der Waals surface area contributed by atoms with Gasteiger partial charge in [0.05, 0.1) is 5.69 Å². The molecule has 0 radical (unpaired) electrons. The Bertz CT molecular complexity index is 769. The van der Waals surface area contributed by atoms with Crippen molar-refractivity contribution >= 4 is 33.4 Å². The van der Waals surface area contributed by atoms with Crippen LogP contribution in [0.15, 0.2) is 53.5 Å². The predicted octanol–water partition coefficient (Wildman–Crippen LogP) is 4.25. The zero-order chi connectivity index (χ0) is 11.2. The third-order valence-electron chi connectivity index (χ3n) is 3.49. The van der Waals surface area contributed by atoms with Crippen molar-refractivity contribution in [1.82, 2.24) is 0 Å². The maximum Gasteiger partial charge on any atom is 0.0713 e. The number of hydrogen-bond donors (Lipinski definition) is 0. The second-order valence-electron chi connectivity index (χ2n) is 4.47. The molecule has 3 aromatic rings. The van der Waals surface area contributed by atoms with Crippen molar-refractivity contribution in [2.45, 2.75) is 6.42 Å². The van der Waals surface area contributed by atoms with Crippen LogP contribution < -0.4 is 0 Å². The van der Waals surface area contributed by atoms with Gasteiger partial charge in [-0.3, -0.25) is 4.99 Å². The maximum atomic E-state index is 4.54. The Morgan fingerprint density at radius 3 is 2.76 bits per heavy atom. The van der Waals surface area contributed by atoms with E-state index in [4.69, 9.17) is 0 Å². The van der Waals surface area contributed by atoms with Crippen molar-refractivity contribution in [2.75, 3.05) is 0 Å². The van der Waals surface area contributed by atoms with E-state index in [-0.39, 0.29) is 0 Å². The molecule has 1 aliphatic rings. The van der Waals surface area contributed by atoms with E-state index in [1.54, 1.807) is 0 Å². The number of nitrogens with zero attached hydrogens (tertiary/aromatic N) is 1. The molecule has 1 nitrogen and oxygen atoms in total. The van der Waals surface area contributed by atoms with E-state index >= 15 is 0 Å². The highest BCUT2D eigenvalue weighted by Gasteiger charge is 2.11. The minimum Gasteiger partial charge on any atom is -0.260 e. The first kappa shape index (κ1) is 8.94. The van der Waals surface area contributed by atoms with E-state index in [0.717, 1.165) is 12.1 Å². The van der Waals surface area contributed by atoms with Crippen LogP contribution in [-0.4, -0.2) is 6.21 Å². The Morgan fingerprint density at radius 1 is 0.882 bits per heavy atom. The van der Waals surface area contributed by atoms with E-state index in [1.165, 1.54) is 27.1 Å². The fourth-order valence-corrected chi connectivity index (χ4v) is 2.73. The molecule has 0 fully saturated rings. The van der Waals surface area contributed by atoms with Gasteiger partial charge in [0.15, 0.2) is 0 Å². The molecule has 1 heteroatoms. The van der Waals surface area contributed by atoms with E-state index < -0.39 is 0 Å². The van der Waals surface area contributed by atoms with Crippen molar-refractivity contribution in [3.8, 4) is 0 Å². The van der Waals surface area contributed by atoms with Gasteiger partial charge in [-0.05, 0) is 27.8 Å². The lowest BCUT2D eigenvalue weighted by Crippen LogP contribution is -1.94. The topological polar surface area (TPSA) is 12.4 Å². The van der Waals surface area contributed by atoms with Crippen LogP contribution in [-0.2, 0) is 6.42 Å². The Balaban J connectivity index is 2.34. The lowest BCUT2D eigenvalue weighted by molar-refractivity contribution is 1.35. The summed E-state index contributed by atoms with van der Waals surface area (Å²) in [5, 5.41) is 5.25. The summed E-state index contributed by atoms with van der Waals surface area (Å²) < 4.78 is 0. The second-order valence-corrected chi connectivity index (χ2v) is 4.47. The smallest absolute Gasteiger partial charge is 0.0713 e. The number of benzene rings is 3. The summed E-state index contributed by atoms with van der Waals surface area (Å²) in [6.45, 7) is 0. The van der Waals surface area contributed by atoms with Crippen molar-refractivity contribution in [3.05, 3.63) is 54.1 Å². The third-order valence-corrected chi connectivity index (χ3v) is 3.49. The number of fused-ring (bicyclic) bond motifs is 2. The van der Waals surface area contributed by atoms with Crippen molar-refractivity contribution in [3.63, 3.8) is 0 Å². The van der Waals surface area contributed by atoms with Crippen LogP contribution in [0.4, 0.5) is 5.69 Å².